The molecular formula is C12H12N2O2S. The van der Waals surface area contributed by atoms with E-state index in [1.807, 2.05) is 13.1 Å². The summed E-state index contributed by atoms with van der Waals surface area (Å²) in [5.74, 6) is 0. The Hall–Kier alpha value is -1.72. The van der Waals surface area contributed by atoms with Crippen molar-refractivity contribution in [2.45, 2.75) is 6.54 Å². The summed E-state index contributed by atoms with van der Waals surface area (Å²) in [6.07, 6.45) is 0. The zero-order valence-electron chi connectivity index (χ0n) is 9.34. The first kappa shape index (κ1) is 11.8. The highest BCUT2D eigenvalue weighted by Gasteiger charge is 2.06. The minimum absolute atomic E-state index is 0.126. The van der Waals surface area contributed by atoms with Gasteiger partial charge in [0.1, 0.15) is 0 Å². The van der Waals surface area contributed by atoms with Crippen LogP contribution in [0.2, 0.25) is 0 Å². The van der Waals surface area contributed by atoms with E-state index in [0.29, 0.717) is 0 Å². The van der Waals surface area contributed by atoms with Gasteiger partial charge in [-0.15, -0.1) is 11.3 Å². The van der Waals surface area contributed by atoms with E-state index in [9.17, 15) is 10.1 Å². The molecular weight excluding hydrogens is 236 g/mol. The average Bonchev–Trinajstić information content (AvgIpc) is 2.78. The van der Waals surface area contributed by atoms with Crippen LogP contribution in [0.15, 0.2) is 36.4 Å². The van der Waals surface area contributed by atoms with E-state index < -0.39 is 0 Å². The lowest BCUT2D eigenvalue weighted by Crippen LogP contribution is -2.02. The summed E-state index contributed by atoms with van der Waals surface area (Å²) in [4.78, 5) is 12.5. The molecule has 2 rings (SSSR count). The zero-order chi connectivity index (χ0) is 12.3. The summed E-state index contributed by atoms with van der Waals surface area (Å²) in [7, 11) is 1.91. The maximum absolute atomic E-state index is 10.5. The highest BCUT2D eigenvalue weighted by Crippen LogP contribution is 2.29. The van der Waals surface area contributed by atoms with E-state index in [1.165, 1.54) is 17.0 Å². The third kappa shape index (κ3) is 2.69. The van der Waals surface area contributed by atoms with Gasteiger partial charge in [0.15, 0.2) is 0 Å². The van der Waals surface area contributed by atoms with Crippen molar-refractivity contribution >= 4 is 17.0 Å². The monoisotopic (exact) mass is 248 g/mol. The van der Waals surface area contributed by atoms with Gasteiger partial charge in [-0.25, -0.2) is 0 Å². The molecule has 0 bridgehead atoms. The number of benzene rings is 1. The molecule has 0 unspecified atom stereocenters. The topological polar surface area (TPSA) is 55.2 Å². The lowest BCUT2D eigenvalue weighted by atomic mass is 10.2. The molecule has 0 saturated carbocycles. The highest BCUT2D eigenvalue weighted by molar-refractivity contribution is 7.15. The van der Waals surface area contributed by atoms with Crippen LogP contribution in [0, 0.1) is 10.1 Å². The molecule has 1 N–H and O–H groups in total. The van der Waals surface area contributed by atoms with Gasteiger partial charge >= 0.3 is 0 Å². The van der Waals surface area contributed by atoms with Gasteiger partial charge in [0.25, 0.3) is 5.69 Å². The maximum Gasteiger partial charge on any atom is 0.269 e. The summed E-state index contributed by atoms with van der Waals surface area (Å²) in [6, 6.07) is 10.7. The van der Waals surface area contributed by atoms with Crippen LogP contribution in [0.3, 0.4) is 0 Å². The van der Waals surface area contributed by atoms with Gasteiger partial charge in [0.2, 0.25) is 0 Å². The third-order valence-corrected chi connectivity index (χ3v) is 3.51. The summed E-state index contributed by atoms with van der Waals surface area (Å²) >= 11 is 1.69. The van der Waals surface area contributed by atoms with E-state index in [4.69, 9.17) is 0 Å². The van der Waals surface area contributed by atoms with E-state index in [1.54, 1.807) is 23.5 Å². The molecule has 2 aromatic rings. The Morgan fingerprint density at radius 3 is 2.53 bits per heavy atom. The van der Waals surface area contributed by atoms with E-state index in [2.05, 4.69) is 11.4 Å². The first-order valence-electron chi connectivity index (χ1n) is 5.19. The largest absolute Gasteiger partial charge is 0.315 e. The maximum atomic E-state index is 10.5. The Morgan fingerprint density at radius 2 is 1.94 bits per heavy atom. The van der Waals surface area contributed by atoms with Gasteiger partial charge in [0.05, 0.1) is 4.92 Å². The summed E-state index contributed by atoms with van der Waals surface area (Å²) in [5, 5.41) is 13.6. The molecule has 0 aliphatic carbocycles. The summed E-state index contributed by atoms with van der Waals surface area (Å²) in [6.45, 7) is 0.845. The number of nitrogens with one attached hydrogen (secondary N) is 1. The Labute approximate surface area is 103 Å². The van der Waals surface area contributed by atoms with Crippen LogP contribution in [0.25, 0.3) is 10.4 Å². The molecule has 0 radical (unpaired) electrons. The van der Waals surface area contributed by atoms with Gasteiger partial charge in [-0.05, 0) is 36.9 Å². The molecule has 0 fully saturated rings. The van der Waals surface area contributed by atoms with Crippen LogP contribution in [0.4, 0.5) is 5.69 Å². The van der Waals surface area contributed by atoms with E-state index in [0.717, 1.165) is 17.0 Å². The first-order valence-corrected chi connectivity index (χ1v) is 6.00. The fourth-order valence-corrected chi connectivity index (χ4v) is 2.57. The van der Waals surface area contributed by atoms with Crippen LogP contribution < -0.4 is 5.32 Å². The standard InChI is InChI=1S/C12H12N2O2S/c1-13-8-11-6-7-12(17-11)9-2-4-10(5-3-9)14(15)16/h2-7,13H,8H2,1H3. The van der Waals surface area contributed by atoms with Crippen molar-refractivity contribution in [1.29, 1.82) is 0 Å². The average molecular weight is 248 g/mol. The number of hydrogen-bond acceptors (Lipinski definition) is 4. The fourth-order valence-electron chi connectivity index (χ4n) is 1.55. The summed E-state index contributed by atoms with van der Waals surface area (Å²) < 4.78 is 0. The molecule has 88 valence electrons. The molecule has 0 atom stereocenters. The van der Waals surface area contributed by atoms with Crippen LogP contribution in [-0.4, -0.2) is 12.0 Å². The zero-order valence-corrected chi connectivity index (χ0v) is 10.2. The number of rotatable bonds is 4. The quantitative estimate of drug-likeness (QED) is 0.668. The number of nitro groups is 1. The van der Waals surface area contributed by atoms with Gasteiger partial charge in [0, 0.05) is 28.4 Å². The highest BCUT2D eigenvalue weighted by atomic mass is 32.1. The second-order valence-corrected chi connectivity index (χ2v) is 4.77. The molecule has 1 aromatic heterocycles. The lowest BCUT2D eigenvalue weighted by molar-refractivity contribution is -0.384. The molecule has 5 heteroatoms. The van der Waals surface area contributed by atoms with Crippen molar-refractivity contribution < 1.29 is 4.92 Å². The smallest absolute Gasteiger partial charge is 0.269 e. The minimum Gasteiger partial charge on any atom is -0.315 e. The van der Waals surface area contributed by atoms with E-state index in [-0.39, 0.29) is 10.6 Å². The van der Waals surface area contributed by atoms with Crippen LogP contribution in [-0.2, 0) is 6.54 Å². The second-order valence-electron chi connectivity index (χ2n) is 3.60. The number of nitrogens with zero attached hydrogens (tertiary/aromatic N) is 1. The van der Waals surface area contributed by atoms with Gasteiger partial charge in [-0.1, -0.05) is 0 Å². The first-order chi connectivity index (χ1) is 8.20. The molecule has 4 nitrogen and oxygen atoms in total. The normalized spacial score (nSPS) is 10.4. The summed E-state index contributed by atoms with van der Waals surface area (Å²) in [5.41, 5.74) is 1.14. The van der Waals surface area contributed by atoms with Crippen LogP contribution >= 0.6 is 11.3 Å². The van der Waals surface area contributed by atoms with Crippen molar-refractivity contribution in [3.05, 3.63) is 51.4 Å². The molecule has 0 saturated heterocycles. The van der Waals surface area contributed by atoms with E-state index >= 15 is 0 Å². The Balaban J connectivity index is 2.23. The van der Waals surface area contributed by atoms with Gasteiger partial charge in [-0.2, -0.15) is 0 Å². The molecule has 1 heterocycles. The van der Waals surface area contributed by atoms with Crippen LogP contribution in [0.1, 0.15) is 4.88 Å². The van der Waals surface area contributed by atoms with Crippen molar-refractivity contribution in [2.75, 3.05) is 7.05 Å². The van der Waals surface area contributed by atoms with Gasteiger partial charge < -0.3 is 5.32 Å². The molecule has 0 spiro atoms. The Morgan fingerprint density at radius 1 is 1.24 bits per heavy atom. The molecule has 0 amide bonds. The molecule has 0 aliphatic rings. The number of non-ortho nitro benzene ring substituents is 1. The number of thiophene rings is 1. The van der Waals surface area contributed by atoms with Crippen molar-refractivity contribution in [2.24, 2.45) is 0 Å². The molecule has 0 aliphatic heterocycles. The lowest BCUT2D eigenvalue weighted by Gasteiger charge is -1.97. The predicted molar refractivity (Wildman–Crippen MR) is 69.2 cm³/mol. The minimum atomic E-state index is -0.384. The molecule has 1 aromatic carbocycles. The van der Waals surface area contributed by atoms with Crippen molar-refractivity contribution in [3.63, 3.8) is 0 Å². The number of nitro benzene ring substituents is 1. The van der Waals surface area contributed by atoms with Gasteiger partial charge in [-0.3, -0.25) is 10.1 Å². The van der Waals surface area contributed by atoms with Crippen molar-refractivity contribution in [3.8, 4) is 10.4 Å². The second kappa shape index (κ2) is 5.07. The Bertz CT molecular complexity index is 520. The van der Waals surface area contributed by atoms with Crippen LogP contribution in [0.5, 0.6) is 0 Å². The molecule has 17 heavy (non-hydrogen) atoms. The van der Waals surface area contributed by atoms with Crippen molar-refractivity contribution in [1.82, 2.24) is 5.32 Å². The Kier molecular flexibility index (Phi) is 3.51. The third-order valence-electron chi connectivity index (χ3n) is 2.38. The fraction of sp³-hybridized carbons (Fsp3) is 0.167. The number of hydrogen-bond donors (Lipinski definition) is 1. The SMILES string of the molecule is CNCc1ccc(-c2ccc([N+](=O)[O-])cc2)s1. The predicted octanol–water partition coefficient (Wildman–Crippen LogP) is 3.04.